The number of halogens is 1. The minimum atomic E-state index is -1.63. The van der Waals surface area contributed by atoms with Gasteiger partial charge < -0.3 is 27.9 Å². The first-order valence-corrected chi connectivity index (χ1v) is 9.67. The van der Waals surface area contributed by atoms with E-state index >= 15 is 0 Å². The van der Waals surface area contributed by atoms with Crippen LogP contribution < -0.4 is 32.9 Å². The van der Waals surface area contributed by atoms with E-state index in [9.17, 15) is 0 Å². The number of hydrogen-bond donors (Lipinski definition) is 0. The van der Waals surface area contributed by atoms with Crippen LogP contribution in [0.25, 0.3) is 0 Å². The van der Waals surface area contributed by atoms with Crippen LogP contribution >= 0.6 is 7.26 Å². The molecule has 3 aromatic carbocycles. The van der Waals surface area contributed by atoms with Crippen LogP contribution in [0, 0.1) is 0 Å². The van der Waals surface area contributed by atoms with Crippen molar-refractivity contribution >= 4 is 23.2 Å². The summed E-state index contributed by atoms with van der Waals surface area (Å²) in [6.45, 7) is 4.72. The van der Waals surface area contributed by atoms with Gasteiger partial charge in [0.15, 0.2) is 0 Å². The summed E-state index contributed by atoms with van der Waals surface area (Å²) >= 11 is 0. The third-order valence-corrected chi connectivity index (χ3v) is 9.15. The van der Waals surface area contributed by atoms with Crippen molar-refractivity contribution in [3.05, 3.63) is 91.0 Å². The molecule has 0 saturated carbocycles. The van der Waals surface area contributed by atoms with Crippen LogP contribution in [0.1, 0.15) is 13.8 Å². The average molecular weight is 421 g/mol. The molecule has 3 aromatic rings. The number of rotatable bonds is 4. The maximum atomic E-state index is 2.36. The first-order chi connectivity index (χ1) is 10.8. The first-order valence-electron chi connectivity index (χ1n) is 7.82. The van der Waals surface area contributed by atoms with E-state index in [2.05, 4.69) is 105 Å². The topological polar surface area (TPSA) is 63.0 Å². The molecule has 0 saturated heterocycles. The summed E-state index contributed by atoms with van der Waals surface area (Å²) in [5.74, 6) is 0. The Morgan fingerprint density at radius 2 is 0.760 bits per heavy atom. The summed E-state index contributed by atoms with van der Waals surface area (Å²) in [6, 6.07) is 33.1. The summed E-state index contributed by atoms with van der Waals surface area (Å²) in [4.78, 5) is 0. The summed E-state index contributed by atoms with van der Waals surface area (Å²) in [5, 5.41) is 4.38. The fraction of sp³-hybridized carbons (Fsp3) is 0.143. The Hall–Kier alpha value is -1.51. The predicted octanol–water partition coefficient (Wildman–Crippen LogP) is -0.257. The van der Waals surface area contributed by atoms with Crippen LogP contribution in [-0.2, 0) is 0 Å². The average Bonchev–Trinajstić information content (AvgIpc) is 2.58. The highest BCUT2D eigenvalue weighted by Crippen LogP contribution is 2.59. The minimum absolute atomic E-state index is 0. The van der Waals surface area contributed by atoms with Crippen molar-refractivity contribution in [1.29, 1.82) is 0 Å². The lowest BCUT2D eigenvalue weighted by Crippen LogP contribution is -3.00. The zero-order chi connectivity index (χ0) is 15.4. The molecule has 0 aromatic heterocycles. The van der Waals surface area contributed by atoms with E-state index in [1.807, 2.05) is 0 Å². The fourth-order valence-electron chi connectivity index (χ4n) is 3.33. The van der Waals surface area contributed by atoms with Gasteiger partial charge in [-0.3, -0.25) is 0 Å². The molecule has 0 radical (unpaired) electrons. The summed E-state index contributed by atoms with van der Waals surface area (Å²) in [7, 11) is -1.63. The molecule has 0 aliphatic rings. The maximum Gasteiger partial charge on any atom is 0.114 e. The van der Waals surface area contributed by atoms with Gasteiger partial charge in [0, 0.05) is 0 Å². The van der Waals surface area contributed by atoms with Gasteiger partial charge in [-0.15, -0.1) is 0 Å². The summed E-state index contributed by atoms with van der Waals surface area (Å²) in [6.07, 6.45) is 0. The Morgan fingerprint density at radius 3 is 0.960 bits per heavy atom. The van der Waals surface area contributed by atoms with Crippen molar-refractivity contribution in [3.63, 3.8) is 0 Å². The molecule has 0 bridgehead atoms. The summed E-state index contributed by atoms with van der Waals surface area (Å²) in [5.41, 5.74) is 0.555. The van der Waals surface area contributed by atoms with Crippen LogP contribution in [0.5, 0.6) is 0 Å². The third kappa shape index (κ3) is 4.37. The van der Waals surface area contributed by atoms with Crippen molar-refractivity contribution in [3.8, 4) is 0 Å². The quantitative estimate of drug-likeness (QED) is 0.522. The summed E-state index contributed by atoms with van der Waals surface area (Å²) < 4.78 is 0. The van der Waals surface area contributed by atoms with Crippen molar-refractivity contribution in [2.24, 2.45) is 0 Å². The molecule has 25 heavy (non-hydrogen) atoms. The Bertz CT molecular complexity index is 622. The number of hydrogen-bond acceptors (Lipinski definition) is 0. The normalized spacial score (nSPS) is 10.2. The van der Waals surface area contributed by atoms with Crippen LogP contribution in [0.4, 0.5) is 0 Å². The fourth-order valence-corrected chi connectivity index (χ4v) is 7.94. The zero-order valence-electron chi connectivity index (χ0n) is 14.6. The van der Waals surface area contributed by atoms with E-state index in [0.717, 1.165) is 0 Å². The second-order valence-electron chi connectivity index (χ2n) is 5.82. The molecule has 134 valence electrons. The van der Waals surface area contributed by atoms with Gasteiger partial charge in [0.2, 0.25) is 0 Å². The molecular formula is C21H26BrO2P. The Labute approximate surface area is 161 Å². The second-order valence-corrected chi connectivity index (χ2v) is 9.85. The van der Waals surface area contributed by atoms with E-state index in [1.54, 1.807) is 0 Å². The standard InChI is InChI=1S/C21H22P.BrH.2H2O/c1-18(2)22(19-12-6-3-7-13-19,20-14-8-4-9-15-20)21-16-10-5-11-17-21;;;/h3-18H,1-2H3;1H;2*1H2/q+1;;;/p-1. The third-order valence-electron chi connectivity index (χ3n) is 4.26. The van der Waals surface area contributed by atoms with Gasteiger partial charge in [0.05, 0.1) is 5.66 Å². The van der Waals surface area contributed by atoms with Gasteiger partial charge in [-0.05, 0) is 50.2 Å². The van der Waals surface area contributed by atoms with Gasteiger partial charge in [-0.2, -0.15) is 0 Å². The Balaban J connectivity index is 0.00000192. The lowest BCUT2D eigenvalue weighted by molar-refractivity contribution is -0.00000678. The lowest BCUT2D eigenvalue weighted by atomic mass is 10.3. The maximum absolute atomic E-state index is 2.36. The molecule has 0 atom stereocenters. The Morgan fingerprint density at radius 1 is 0.520 bits per heavy atom. The highest BCUT2D eigenvalue weighted by atomic mass is 79.9. The van der Waals surface area contributed by atoms with Gasteiger partial charge in [0.25, 0.3) is 0 Å². The van der Waals surface area contributed by atoms with Gasteiger partial charge in [-0.25, -0.2) is 0 Å². The van der Waals surface area contributed by atoms with Gasteiger partial charge >= 0.3 is 0 Å². The molecule has 0 aliphatic carbocycles. The monoisotopic (exact) mass is 420 g/mol. The molecule has 3 rings (SSSR count). The van der Waals surface area contributed by atoms with E-state index < -0.39 is 7.26 Å². The van der Waals surface area contributed by atoms with E-state index in [0.29, 0.717) is 5.66 Å². The first kappa shape index (κ1) is 23.5. The van der Waals surface area contributed by atoms with Crippen molar-refractivity contribution in [2.75, 3.05) is 0 Å². The van der Waals surface area contributed by atoms with Crippen LogP contribution in [0.2, 0.25) is 0 Å². The molecule has 0 amide bonds. The highest BCUT2D eigenvalue weighted by Gasteiger charge is 2.48. The molecule has 0 unspecified atom stereocenters. The zero-order valence-corrected chi connectivity index (χ0v) is 17.0. The van der Waals surface area contributed by atoms with E-state index in [4.69, 9.17) is 0 Å². The molecule has 4 heteroatoms. The molecular weight excluding hydrogens is 395 g/mol. The second kappa shape index (κ2) is 10.5. The van der Waals surface area contributed by atoms with Crippen molar-refractivity contribution < 1.29 is 27.9 Å². The Kier molecular flexibility index (Phi) is 9.84. The van der Waals surface area contributed by atoms with E-state index in [1.165, 1.54) is 15.9 Å². The smallest absolute Gasteiger partial charge is 0.114 e. The van der Waals surface area contributed by atoms with Crippen LogP contribution in [0.3, 0.4) is 0 Å². The molecule has 4 N–H and O–H groups in total. The largest absolute Gasteiger partial charge is 1.00 e. The molecule has 0 fully saturated rings. The van der Waals surface area contributed by atoms with Crippen LogP contribution in [-0.4, -0.2) is 16.6 Å². The predicted molar refractivity (Wildman–Crippen MR) is 108 cm³/mol. The molecule has 0 heterocycles. The lowest BCUT2D eigenvalue weighted by Gasteiger charge is -2.31. The van der Waals surface area contributed by atoms with E-state index in [-0.39, 0.29) is 27.9 Å². The number of benzene rings is 3. The van der Waals surface area contributed by atoms with Crippen LogP contribution in [0.15, 0.2) is 91.0 Å². The van der Waals surface area contributed by atoms with Gasteiger partial charge in [0.1, 0.15) is 23.2 Å². The minimum Gasteiger partial charge on any atom is -1.00 e. The molecule has 0 spiro atoms. The highest BCUT2D eigenvalue weighted by molar-refractivity contribution is 7.96. The van der Waals surface area contributed by atoms with Crippen molar-refractivity contribution in [2.45, 2.75) is 19.5 Å². The van der Waals surface area contributed by atoms with Gasteiger partial charge in [-0.1, -0.05) is 54.6 Å². The SMILES string of the molecule is CC(C)[P+](c1ccccc1)(c1ccccc1)c1ccccc1.O.O.[Br-]. The molecule has 0 aliphatic heterocycles. The van der Waals surface area contributed by atoms with Crippen molar-refractivity contribution in [1.82, 2.24) is 0 Å². The molecule has 2 nitrogen and oxygen atoms in total.